The van der Waals surface area contributed by atoms with Crippen molar-refractivity contribution in [3.8, 4) is 11.1 Å². The van der Waals surface area contributed by atoms with E-state index in [9.17, 15) is 0 Å². The molecule has 0 bridgehead atoms. The lowest BCUT2D eigenvalue weighted by atomic mass is 10.1. The van der Waals surface area contributed by atoms with Crippen LogP contribution in [0, 0.1) is 6.26 Å². The summed E-state index contributed by atoms with van der Waals surface area (Å²) in [4.78, 5) is 0. The summed E-state index contributed by atoms with van der Waals surface area (Å²) in [6.45, 7) is 0. The first kappa shape index (κ1) is 7.99. The lowest BCUT2D eigenvalue weighted by molar-refractivity contribution is 0.543. The van der Waals surface area contributed by atoms with E-state index in [0.29, 0.717) is 0 Å². The van der Waals surface area contributed by atoms with Gasteiger partial charge >= 0.3 is 0 Å². The molecule has 1 aromatic heterocycles. The largest absolute Gasteiger partial charge is 0.460 e. The normalized spacial score (nSPS) is 11.8. The third kappa shape index (κ3) is 0.865. The highest BCUT2D eigenvalue weighted by molar-refractivity contribution is 6.14. The fourth-order valence-electron chi connectivity index (χ4n) is 2.22. The second kappa shape index (κ2) is 2.67. The molecule has 1 aliphatic heterocycles. The Morgan fingerprint density at radius 3 is 2.94 bits per heavy atom. The number of para-hydroxylation sites is 1. The van der Waals surface area contributed by atoms with Gasteiger partial charge in [0.05, 0.1) is 6.26 Å². The molecular weight excluding hydrogens is 200 g/mol. The molecular formula is C14H7O2. The van der Waals surface area contributed by atoms with E-state index in [-0.39, 0.29) is 0 Å². The van der Waals surface area contributed by atoms with Crippen LogP contribution < -0.4 is 0 Å². The third-order valence-corrected chi connectivity index (χ3v) is 2.92. The molecule has 0 spiro atoms. The molecule has 2 nitrogen and oxygen atoms in total. The fourth-order valence-corrected chi connectivity index (χ4v) is 2.22. The first-order chi connectivity index (χ1) is 7.93. The molecule has 1 radical (unpaired) electrons. The Labute approximate surface area is 91.4 Å². The highest BCUT2D eigenvalue weighted by atomic mass is 16.3. The molecule has 0 saturated carbocycles. The van der Waals surface area contributed by atoms with Crippen molar-refractivity contribution in [1.29, 1.82) is 0 Å². The predicted molar refractivity (Wildman–Crippen MR) is 61.4 cm³/mol. The lowest BCUT2D eigenvalue weighted by Gasteiger charge is -1.95. The van der Waals surface area contributed by atoms with Gasteiger partial charge in [-0.25, -0.2) is 0 Å². The third-order valence-electron chi connectivity index (χ3n) is 2.92. The standard InChI is InChI=1S/C14H7O2/c1-2-4-12-10(3-1)14-11-8-15-6-5-9(11)7-13(14)16-12/h1-7H. The fraction of sp³-hybridized carbons (Fsp3) is 0. The number of fused-ring (bicyclic) bond motifs is 5. The van der Waals surface area contributed by atoms with Gasteiger partial charge in [0.25, 0.3) is 0 Å². The molecule has 2 heterocycles. The Morgan fingerprint density at radius 2 is 1.94 bits per heavy atom. The highest BCUT2D eigenvalue weighted by Gasteiger charge is 2.16. The van der Waals surface area contributed by atoms with Crippen molar-refractivity contribution < 1.29 is 8.83 Å². The minimum absolute atomic E-state index is 0.897. The van der Waals surface area contributed by atoms with E-state index in [2.05, 4.69) is 12.3 Å². The highest BCUT2D eigenvalue weighted by Crippen LogP contribution is 2.39. The number of rotatable bonds is 0. The molecule has 16 heavy (non-hydrogen) atoms. The summed E-state index contributed by atoms with van der Waals surface area (Å²) in [7, 11) is 0. The summed E-state index contributed by atoms with van der Waals surface area (Å²) < 4.78 is 10.9. The van der Waals surface area contributed by atoms with Crippen molar-refractivity contribution >= 4 is 21.9 Å². The van der Waals surface area contributed by atoms with Crippen LogP contribution >= 0.6 is 0 Å². The molecule has 1 aromatic carbocycles. The van der Waals surface area contributed by atoms with E-state index in [0.717, 1.165) is 33.1 Å². The summed E-state index contributed by atoms with van der Waals surface area (Å²) in [5.41, 5.74) is 3.90. The van der Waals surface area contributed by atoms with Gasteiger partial charge < -0.3 is 8.83 Å². The zero-order valence-electron chi connectivity index (χ0n) is 8.36. The lowest BCUT2D eigenvalue weighted by Crippen LogP contribution is -1.72. The van der Waals surface area contributed by atoms with Crippen molar-refractivity contribution in [2.24, 2.45) is 0 Å². The molecule has 0 amide bonds. The van der Waals surface area contributed by atoms with Crippen LogP contribution in [0.1, 0.15) is 0 Å². The number of furan rings is 1. The van der Waals surface area contributed by atoms with Gasteiger partial charge in [0.15, 0.2) is 6.26 Å². The topological polar surface area (TPSA) is 26.3 Å². The van der Waals surface area contributed by atoms with Crippen LogP contribution in [0.2, 0.25) is 0 Å². The van der Waals surface area contributed by atoms with Crippen molar-refractivity contribution in [3.05, 3.63) is 48.9 Å². The van der Waals surface area contributed by atoms with Crippen LogP contribution in [0.15, 0.2) is 51.5 Å². The van der Waals surface area contributed by atoms with Gasteiger partial charge in [-0.3, -0.25) is 0 Å². The van der Waals surface area contributed by atoms with E-state index in [1.807, 2.05) is 30.3 Å². The molecule has 0 unspecified atom stereocenters. The minimum atomic E-state index is 0.897. The molecule has 0 atom stereocenters. The average molecular weight is 207 g/mol. The van der Waals surface area contributed by atoms with Crippen LogP contribution in [0.4, 0.5) is 0 Å². The molecule has 75 valence electrons. The zero-order chi connectivity index (χ0) is 10.5. The second-order valence-electron chi connectivity index (χ2n) is 3.83. The molecule has 4 rings (SSSR count). The number of benzene rings is 1. The van der Waals surface area contributed by atoms with Crippen LogP contribution in [-0.4, -0.2) is 0 Å². The summed E-state index contributed by atoms with van der Waals surface area (Å²) in [5.74, 6) is 0. The smallest absolute Gasteiger partial charge is 0.178 e. The van der Waals surface area contributed by atoms with E-state index >= 15 is 0 Å². The first-order valence-corrected chi connectivity index (χ1v) is 5.12. The van der Waals surface area contributed by atoms with Gasteiger partial charge in [0, 0.05) is 16.3 Å². The molecule has 1 aliphatic carbocycles. The van der Waals surface area contributed by atoms with Gasteiger partial charge in [0.2, 0.25) is 0 Å². The van der Waals surface area contributed by atoms with Gasteiger partial charge in [-0.15, -0.1) is 0 Å². The van der Waals surface area contributed by atoms with E-state index in [1.165, 1.54) is 0 Å². The Kier molecular flexibility index (Phi) is 1.33. The molecule has 2 heteroatoms. The van der Waals surface area contributed by atoms with Crippen LogP contribution in [-0.2, 0) is 0 Å². The summed E-state index contributed by atoms with van der Waals surface area (Å²) in [6, 6.07) is 12.0. The summed E-state index contributed by atoms with van der Waals surface area (Å²) in [6.07, 6.45) is 4.55. The number of hydrogen-bond donors (Lipinski definition) is 0. The van der Waals surface area contributed by atoms with Crippen LogP contribution in [0.3, 0.4) is 0 Å². The molecule has 0 saturated heterocycles. The van der Waals surface area contributed by atoms with Crippen molar-refractivity contribution in [3.63, 3.8) is 0 Å². The van der Waals surface area contributed by atoms with E-state index in [4.69, 9.17) is 8.83 Å². The maximum absolute atomic E-state index is 5.78. The minimum Gasteiger partial charge on any atom is -0.460 e. The van der Waals surface area contributed by atoms with Crippen LogP contribution in [0.25, 0.3) is 33.1 Å². The molecule has 2 aromatic rings. The van der Waals surface area contributed by atoms with Crippen molar-refractivity contribution in [2.45, 2.75) is 0 Å². The average Bonchev–Trinajstić information content (AvgIpc) is 2.83. The first-order valence-electron chi connectivity index (χ1n) is 5.12. The van der Waals surface area contributed by atoms with Crippen LogP contribution in [0.5, 0.6) is 0 Å². The van der Waals surface area contributed by atoms with E-state index in [1.54, 1.807) is 6.26 Å². The van der Waals surface area contributed by atoms with E-state index < -0.39 is 0 Å². The SMILES string of the molecule is [c]1occc2cc3oc4ccccc4c3c1-2. The Morgan fingerprint density at radius 1 is 1.00 bits per heavy atom. The van der Waals surface area contributed by atoms with Gasteiger partial charge in [-0.1, -0.05) is 18.2 Å². The molecule has 2 aliphatic rings. The predicted octanol–water partition coefficient (Wildman–Crippen LogP) is 4.08. The summed E-state index contributed by atoms with van der Waals surface area (Å²) >= 11 is 0. The van der Waals surface area contributed by atoms with Gasteiger partial charge in [-0.05, 0) is 23.8 Å². The van der Waals surface area contributed by atoms with Gasteiger partial charge in [-0.2, -0.15) is 0 Å². The Balaban J connectivity index is 2.33. The molecule has 0 fully saturated rings. The van der Waals surface area contributed by atoms with Crippen molar-refractivity contribution in [2.75, 3.05) is 0 Å². The monoisotopic (exact) mass is 207 g/mol. The van der Waals surface area contributed by atoms with Crippen molar-refractivity contribution in [1.82, 2.24) is 0 Å². The molecule has 0 N–H and O–H groups in total. The Hall–Kier alpha value is -2.22. The zero-order valence-corrected chi connectivity index (χ0v) is 8.36. The maximum atomic E-state index is 5.78. The maximum Gasteiger partial charge on any atom is 0.178 e. The van der Waals surface area contributed by atoms with Gasteiger partial charge in [0.1, 0.15) is 11.2 Å². The summed E-state index contributed by atoms with van der Waals surface area (Å²) in [5, 5.41) is 2.21. The second-order valence-corrected chi connectivity index (χ2v) is 3.83. The number of hydrogen-bond acceptors (Lipinski definition) is 2. The quantitative estimate of drug-likeness (QED) is 0.434. The Bertz CT molecular complexity index is 761.